The van der Waals surface area contributed by atoms with E-state index < -0.39 is 5.97 Å². The minimum absolute atomic E-state index is 0.256. The highest BCUT2D eigenvalue weighted by Gasteiger charge is 2.15. The maximum Gasteiger partial charge on any atom is 0.303 e. The van der Waals surface area contributed by atoms with E-state index >= 15 is 0 Å². The molecule has 2 rings (SSSR count). The summed E-state index contributed by atoms with van der Waals surface area (Å²) in [5, 5.41) is 8.62. The molecule has 1 N–H and O–H groups in total. The first kappa shape index (κ1) is 12.7. The highest BCUT2D eigenvalue weighted by Crippen LogP contribution is 2.30. The standard InChI is InChI=1S/C14H19NO3/c16-14(17)8-3-4-9-15-10-5-11-18-13-7-2-1-6-12(13)15/h1-2,6-7H,3-5,8-11H2,(H,16,17). The van der Waals surface area contributed by atoms with Crippen molar-refractivity contribution in [1.82, 2.24) is 0 Å². The van der Waals surface area contributed by atoms with Crippen LogP contribution in [0.1, 0.15) is 25.7 Å². The smallest absolute Gasteiger partial charge is 0.303 e. The Bertz CT molecular complexity index is 406. The number of hydrogen-bond acceptors (Lipinski definition) is 3. The zero-order chi connectivity index (χ0) is 12.8. The third-order valence-electron chi connectivity index (χ3n) is 3.10. The fraction of sp³-hybridized carbons (Fsp3) is 0.500. The summed E-state index contributed by atoms with van der Waals surface area (Å²) in [4.78, 5) is 12.8. The second-order valence-corrected chi connectivity index (χ2v) is 4.51. The first-order chi connectivity index (χ1) is 8.77. The van der Waals surface area contributed by atoms with Gasteiger partial charge in [-0.1, -0.05) is 12.1 Å². The zero-order valence-electron chi connectivity index (χ0n) is 10.5. The van der Waals surface area contributed by atoms with Crippen molar-refractivity contribution >= 4 is 11.7 Å². The van der Waals surface area contributed by atoms with E-state index in [9.17, 15) is 4.79 Å². The molecule has 1 aromatic rings. The minimum atomic E-state index is -0.713. The SMILES string of the molecule is O=C(O)CCCCN1CCCOc2ccccc21. The van der Waals surface area contributed by atoms with Crippen molar-refractivity contribution in [2.75, 3.05) is 24.6 Å². The quantitative estimate of drug-likeness (QED) is 0.815. The molecule has 0 aliphatic carbocycles. The van der Waals surface area contributed by atoms with Crippen molar-refractivity contribution in [2.45, 2.75) is 25.7 Å². The Morgan fingerprint density at radius 1 is 1.33 bits per heavy atom. The number of anilines is 1. The molecule has 0 fully saturated rings. The number of carbonyl (C=O) groups is 1. The molecule has 4 heteroatoms. The van der Waals surface area contributed by atoms with Gasteiger partial charge in [0, 0.05) is 19.5 Å². The molecule has 0 saturated carbocycles. The molecular weight excluding hydrogens is 230 g/mol. The molecule has 0 saturated heterocycles. The maximum absolute atomic E-state index is 10.5. The highest BCUT2D eigenvalue weighted by atomic mass is 16.5. The van der Waals surface area contributed by atoms with Crippen molar-refractivity contribution in [2.24, 2.45) is 0 Å². The maximum atomic E-state index is 10.5. The van der Waals surface area contributed by atoms with Gasteiger partial charge in [-0.15, -0.1) is 0 Å². The van der Waals surface area contributed by atoms with Gasteiger partial charge in [0.1, 0.15) is 5.75 Å². The molecule has 98 valence electrons. The van der Waals surface area contributed by atoms with Gasteiger partial charge in [-0.3, -0.25) is 4.79 Å². The highest BCUT2D eigenvalue weighted by molar-refractivity contribution is 5.66. The Hall–Kier alpha value is -1.71. The Labute approximate surface area is 107 Å². The van der Waals surface area contributed by atoms with Crippen LogP contribution in [0.3, 0.4) is 0 Å². The Morgan fingerprint density at radius 3 is 3.00 bits per heavy atom. The number of hydrogen-bond donors (Lipinski definition) is 1. The second-order valence-electron chi connectivity index (χ2n) is 4.51. The molecule has 0 spiro atoms. The van der Waals surface area contributed by atoms with Gasteiger partial charge in [0.15, 0.2) is 0 Å². The van der Waals surface area contributed by atoms with E-state index in [1.54, 1.807) is 0 Å². The fourth-order valence-corrected chi connectivity index (χ4v) is 2.21. The summed E-state index contributed by atoms with van der Waals surface area (Å²) in [6, 6.07) is 8.05. The molecular formula is C14H19NO3. The number of aliphatic carboxylic acids is 1. The number of para-hydroxylation sites is 2. The van der Waals surface area contributed by atoms with Crippen molar-refractivity contribution in [3.8, 4) is 5.75 Å². The summed E-state index contributed by atoms with van der Waals surface area (Å²) in [6.07, 6.45) is 2.90. The number of rotatable bonds is 5. The first-order valence-corrected chi connectivity index (χ1v) is 6.46. The molecule has 1 aliphatic heterocycles. The van der Waals surface area contributed by atoms with Gasteiger partial charge in [-0.2, -0.15) is 0 Å². The lowest BCUT2D eigenvalue weighted by Crippen LogP contribution is -2.25. The average Bonchev–Trinajstić information content (AvgIpc) is 2.57. The van der Waals surface area contributed by atoms with Gasteiger partial charge in [-0.25, -0.2) is 0 Å². The van der Waals surface area contributed by atoms with Gasteiger partial charge in [0.25, 0.3) is 0 Å². The van der Waals surface area contributed by atoms with E-state index in [0.29, 0.717) is 0 Å². The summed E-state index contributed by atoms with van der Waals surface area (Å²) in [5.74, 6) is 0.225. The van der Waals surface area contributed by atoms with E-state index in [0.717, 1.165) is 50.4 Å². The van der Waals surface area contributed by atoms with Crippen molar-refractivity contribution in [1.29, 1.82) is 0 Å². The predicted molar refractivity (Wildman–Crippen MR) is 70.3 cm³/mol. The lowest BCUT2D eigenvalue weighted by Gasteiger charge is -2.23. The number of nitrogens with zero attached hydrogens (tertiary/aromatic N) is 1. The summed E-state index contributed by atoms with van der Waals surface area (Å²) in [7, 11) is 0. The molecule has 1 aromatic carbocycles. The lowest BCUT2D eigenvalue weighted by molar-refractivity contribution is -0.137. The second kappa shape index (κ2) is 6.28. The Morgan fingerprint density at radius 2 is 2.17 bits per heavy atom. The van der Waals surface area contributed by atoms with Crippen LogP contribution in [0, 0.1) is 0 Å². The molecule has 0 radical (unpaired) electrons. The van der Waals surface area contributed by atoms with Crippen LogP contribution < -0.4 is 9.64 Å². The summed E-state index contributed by atoms with van der Waals surface area (Å²) >= 11 is 0. The van der Waals surface area contributed by atoms with Crippen LogP contribution in [0.5, 0.6) is 5.75 Å². The average molecular weight is 249 g/mol. The van der Waals surface area contributed by atoms with E-state index in [-0.39, 0.29) is 6.42 Å². The molecule has 0 atom stereocenters. The third-order valence-corrected chi connectivity index (χ3v) is 3.10. The van der Waals surface area contributed by atoms with E-state index in [1.807, 2.05) is 18.2 Å². The lowest BCUT2D eigenvalue weighted by atomic mass is 10.2. The van der Waals surface area contributed by atoms with Crippen molar-refractivity contribution in [3.05, 3.63) is 24.3 Å². The van der Waals surface area contributed by atoms with Crippen LogP contribution in [0.4, 0.5) is 5.69 Å². The Kier molecular flexibility index (Phi) is 4.45. The first-order valence-electron chi connectivity index (χ1n) is 6.46. The van der Waals surface area contributed by atoms with Crippen molar-refractivity contribution in [3.63, 3.8) is 0 Å². The van der Waals surface area contributed by atoms with Gasteiger partial charge in [0.2, 0.25) is 0 Å². The predicted octanol–water partition coefficient (Wildman–Crippen LogP) is 2.53. The molecule has 1 aliphatic rings. The number of unbranched alkanes of at least 4 members (excludes halogenated alkanes) is 1. The summed E-state index contributed by atoms with van der Waals surface area (Å²) in [6.45, 7) is 2.63. The fourth-order valence-electron chi connectivity index (χ4n) is 2.21. The molecule has 18 heavy (non-hydrogen) atoms. The van der Waals surface area contributed by atoms with Gasteiger partial charge < -0.3 is 14.7 Å². The molecule has 0 bridgehead atoms. The molecule has 0 aromatic heterocycles. The monoisotopic (exact) mass is 249 g/mol. The van der Waals surface area contributed by atoms with Crippen LogP contribution in [0.15, 0.2) is 24.3 Å². The topological polar surface area (TPSA) is 49.8 Å². The third kappa shape index (κ3) is 3.39. The number of carboxylic acids is 1. The molecule has 0 unspecified atom stereocenters. The van der Waals surface area contributed by atoms with Gasteiger partial charge in [0.05, 0.1) is 12.3 Å². The summed E-state index contributed by atoms with van der Waals surface area (Å²) in [5.41, 5.74) is 1.13. The summed E-state index contributed by atoms with van der Waals surface area (Å²) < 4.78 is 5.69. The number of ether oxygens (including phenoxy) is 1. The molecule has 1 heterocycles. The largest absolute Gasteiger partial charge is 0.491 e. The normalized spacial score (nSPS) is 14.6. The Balaban J connectivity index is 1.93. The van der Waals surface area contributed by atoms with Crippen LogP contribution in [0.25, 0.3) is 0 Å². The number of fused-ring (bicyclic) bond motifs is 1. The van der Waals surface area contributed by atoms with Gasteiger partial charge in [-0.05, 0) is 31.4 Å². The molecule has 0 amide bonds. The van der Waals surface area contributed by atoms with Crippen LogP contribution in [-0.2, 0) is 4.79 Å². The van der Waals surface area contributed by atoms with Gasteiger partial charge >= 0.3 is 5.97 Å². The zero-order valence-corrected chi connectivity index (χ0v) is 10.5. The number of benzene rings is 1. The minimum Gasteiger partial charge on any atom is -0.491 e. The van der Waals surface area contributed by atoms with Crippen molar-refractivity contribution < 1.29 is 14.6 Å². The van der Waals surface area contributed by atoms with E-state index in [2.05, 4.69) is 11.0 Å². The number of carboxylic acid groups (broad SMARTS) is 1. The van der Waals surface area contributed by atoms with E-state index in [1.165, 1.54) is 0 Å². The molecule has 4 nitrogen and oxygen atoms in total. The van der Waals surface area contributed by atoms with E-state index in [4.69, 9.17) is 9.84 Å². The van der Waals surface area contributed by atoms with Crippen LogP contribution >= 0.6 is 0 Å². The van der Waals surface area contributed by atoms with Crippen LogP contribution in [-0.4, -0.2) is 30.8 Å². The van der Waals surface area contributed by atoms with Crippen LogP contribution in [0.2, 0.25) is 0 Å².